The Morgan fingerprint density at radius 1 is 1.05 bits per heavy atom. The molecule has 2 nitrogen and oxygen atoms in total. The minimum Gasteiger partial charge on any atom is -0.387 e. The van der Waals surface area contributed by atoms with Crippen LogP contribution in [0.1, 0.15) is 18.4 Å². The summed E-state index contributed by atoms with van der Waals surface area (Å²) in [5.74, 6) is 0.580. The van der Waals surface area contributed by atoms with Crippen molar-refractivity contribution in [1.29, 1.82) is 0 Å². The van der Waals surface area contributed by atoms with Gasteiger partial charge >= 0.3 is 0 Å². The zero-order valence-electron chi connectivity index (χ0n) is 11.0. The molecular formula is C17H19NO. The molecule has 1 saturated carbocycles. The number of hydrogen-bond donors (Lipinski definition) is 1. The van der Waals surface area contributed by atoms with Gasteiger partial charge in [-0.15, -0.1) is 0 Å². The third-order valence-corrected chi connectivity index (χ3v) is 4.61. The van der Waals surface area contributed by atoms with Crippen LogP contribution in [0, 0.1) is 5.92 Å². The molecule has 1 aliphatic heterocycles. The second kappa shape index (κ2) is 4.06. The molecule has 0 unspecified atom stereocenters. The average molecular weight is 253 g/mol. The van der Waals surface area contributed by atoms with Gasteiger partial charge in [0.05, 0.1) is 5.60 Å². The summed E-state index contributed by atoms with van der Waals surface area (Å²) in [5, 5.41) is 13.0. The fraction of sp³-hybridized carbons (Fsp3) is 0.412. The minimum atomic E-state index is -0.370. The van der Waals surface area contributed by atoms with E-state index in [1.54, 1.807) is 0 Å². The normalized spacial score (nSPS) is 22.4. The Labute approximate surface area is 113 Å². The zero-order valence-corrected chi connectivity index (χ0v) is 11.0. The molecule has 1 N–H and O–H groups in total. The van der Waals surface area contributed by atoms with Gasteiger partial charge in [-0.25, -0.2) is 0 Å². The van der Waals surface area contributed by atoms with E-state index >= 15 is 0 Å². The van der Waals surface area contributed by atoms with Gasteiger partial charge in [-0.2, -0.15) is 0 Å². The van der Waals surface area contributed by atoms with Gasteiger partial charge in [0.2, 0.25) is 0 Å². The Morgan fingerprint density at radius 2 is 1.79 bits per heavy atom. The van der Waals surface area contributed by atoms with Crippen molar-refractivity contribution in [2.75, 3.05) is 13.1 Å². The van der Waals surface area contributed by atoms with E-state index in [4.69, 9.17) is 0 Å². The summed E-state index contributed by atoms with van der Waals surface area (Å²) in [7, 11) is 0. The zero-order chi connectivity index (χ0) is 12.9. The third kappa shape index (κ3) is 1.96. The van der Waals surface area contributed by atoms with Gasteiger partial charge in [0, 0.05) is 19.6 Å². The summed E-state index contributed by atoms with van der Waals surface area (Å²) < 4.78 is 0. The lowest BCUT2D eigenvalue weighted by atomic mass is 9.88. The van der Waals surface area contributed by atoms with Crippen LogP contribution in [0.2, 0.25) is 0 Å². The van der Waals surface area contributed by atoms with Crippen LogP contribution in [-0.2, 0) is 6.54 Å². The molecule has 0 amide bonds. The van der Waals surface area contributed by atoms with Gasteiger partial charge in [0.1, 0.15) is 0 Å². The highest BCUT2D eigenvalue weighted by Gasteiger charge is 2.51. The molecule has 0 spiro atoms. The number of aliphatic hydroxyl groups is 1. The first-order chi connectivity index (χ1) is 9.24. The Bertz CT molecular complexity index is 606. The average Bonchev–Trinajstić information content (AvgIpc) is 3.22. The first-order valence-corrected chi connectivity index (χ1v) is 7.16. The standard InChI is InChI=1S/C17H19NO/c19-17(15-8-9-15)11-18(12-17)10-14-6-3-5-13-4-1-2-7-16(13)14/h1-7,15,19H,8-12H2. The highest BCUT2D eigenvalue weighted by atomic mass is 16.3. The molecule has 2 fully saturated rings. The van der Waals surface area contributed by atoms with Crippen molar-refractivity contribution in [2.45, 2.75) is 25.0 Å². The van der Waals surface area contributed by atoms with Crippen molar-refractivity contribution < 1.29 is 5.11 Å². The van der Waals surface area contributed by atoms with Gasteiger partial charge < -0.3 is 5.11 Å². The lowest BCUT2D eigenvalue weighted by Gasteiger charge is -2.47. The number of β-amino-alcohol motifs (C(OH)–C–C–N with tert-alkyl or cyclic N) is 1. The molecule has 0 aromatic heterocycles. The summed E-state index contributed by atoms with van der Waals surface area (Å²) in [5.41, 5.74) is 1.00. The number of hydrogen-bond acceptors (Lipinski definition) is 2. The fourth-order valence-corrected chi connectivity index (χ4v) is 3.39. The van der Waals surface area contributed by atoms with Crippen LogP contribution in [0.4, 0.5) is 0 Å². The van der Waals surface area contributed by atoms with Crippen LogP contribution in [-0.4, -0.2) is 28.7 Å². The minimum absolute atomic E-state index is 0.370. The Morgan fingerprint density at radius 3 is 2.58 bits per heavy atom. The molecule has 1 aliphatic carbocycles. The third-order valence-electron chi connectivity index (χ3n) is 4.61. The molecule has 0 radical (unpaired) electrons. The summed E-state index contributed by atoms with van der Waals surface area (Å²) in [6.45, 7) is 2.65. The van der Waals surface area contributed by atoms with Crippen molar-refractivity contribution in [2.24, 2.45) is 5.92 Å². The van der Waals surface area contributed by atoms with E-state index in [1.807, 2.05) is 0 Å². The quantitative estimate of drug-likeness (QED) is 0.909. The summed E-state index contributed by atoms with van der Waals surface area (Å²) in [6.07, 6.45) is 2.44. The van der Waals surface area contributed by atoms with Gasteiger partial charge in [-0.05, 0) is 35.1 Å². The van der Waals surface area contributed by atoms with E-state index in [0.29, 0.717) is 5.92 Å². The van der Waals surface area contributed by atoms with Crippen LogP contribution in [0.3, 0.4) is 0 Å². The SMILES string of the molecule is OC1(C2CC2)CN(Cc2cccc3ccccc23)C1. The lowest BCUT2D eigenvalue weighted by Crippen LogP contribution is -2.62. The van der Waals surface area contributed by atoms with Crippen molar-refractivity contribution in [1.82, 2.24) is 4.90 Å². The molecule has 98 valence electrons. The summed E-state index contributed by atoms with van der Waals surface area (Å²) in [6, 6.07) is 15.0. The number of rotatable bonds is 3. The van der Waals surface area contributed by atoms with Crippen LogP contribution in [0.15, 0.2) is 42.5 Å². The van der Waals surface area contributed by atoms with E-state index in [0.717, 1.165) is 19.6 Å². The highest BCUT2D eigenvalue weighted by molar-refractivity contribution is 5.85. The Balaban J connectivity index is 1.53. The molecule has 19 heavy (non-hydrogen) atoms. The van der Waals surface area contributed by atoms with Crippen LogP contribution in [0.5, 0.6) is 0 Å². The van der Waals surface area contributed by atoms with E-state index in [-0.39, 0.29) is 5.60 Å². The van der Waals surface area contributed by atoms with E-state index in [1.165, 1.54) is 29.2 Å². The molecule has 1 saturated heterocycles. The second-order valence-electron chi connectivity index (χ2n) is 6.16. The van der Waals surface area contributed by atoms with Crippen molar-refractivity contribution in [3.05, 3.63) is 48.0 Å². The second-order valence-corrected chi connectivity index (χ2v) is 6.16. The number of fused-ring (bicyclic) bond motifs is 1. The Kier molecular flexibility index (Phi) is 2.44. The number of likely N-dealkylation sites (tertiary alicyclic amines) is 1. The lowest BCUT2D eigenvalue weighted by molar-refractivity contribution is -0.116. The topological polar surface area (TPSA) is 23.5 Å². The molecule has 2 aromatic carbocycles. The van der Waals surface area contributed by atoms with E-state index < -0.39 is 0 Å². The monoisotopic (exact) mass is 253 g/mol. The molecule has 0 atom stereocenters. The molecule has 1 heterocycles. The fourth-order valence-electron chi connectivity index (χ4n) is 3.39. The molecule has 2 aromatic rings. The Hall–Kier alpha value is -1.38. The first-order valence-electron chi connectivity index (χ1n) is 7.16. The highest BCUT2D eigenvalue weighted by Crippen LogP contribution is 2.44. The van der Waals surface area contributed by atoms with Crippen LogP contribution in [0.25, 0.3) is 10.8 Å². The maximum atomic E-state index is 10.4. The molecule has 2 heteroatoms. The predicted molar refractivity (Wildman–Crippen MR) is 76.9 cm³/mol. The predicted octanol–water partition coefficient (Wildman–Crippen LogP) is 2.80. The maximum Gasteiger partial charge on any atom is 0.0928 e. The maximum absolute atomic E-state index is 10.4. The first kappa shape index (κ1) is 11.4. The molecule has 0 bridgehead atoms. The summed E-state index contributed by atoms with van der Waals surface area (Å²) in [4.78, 5) is 2.36. The van der Waals surface area contributed by atoms with Gasteiger partial charge in [-0.1, -0.05) is 42.5 Å². The smallest absolute Gasteiger partial charge is 0.0928 e. The van der Waals surface area contributed by atoms with Gasteiger partial charge in [-0.3, -0.25) is 4.90 Å². The molecule has 2 aliphatic rings. The summed E-state index contributed by atoms with van der Waals surface area (Å²) >= 11 is 0. The largest absolute Gasteiger partial charge is 0.387 e. The van der Waals surface area contributed by atoms with Gasteiger partial charge in [0.15, 0.2) is 0 Å². The van der Waals surface area contributed by atoms with Crippen molar-refractivity contribution in [3.8, 4) is 0 Å². The van der Waals surface area contributed by atoms with E-state index in [2.05, 4.69) is 47.4 Å². The van der Waals surface area contributed by atoms with Gasteiger partial charge in [0.25, 0.3) is 0 Å². The number of nitrogens with zero attached hydrogens (tertiary/aromatic N) is 1. The molecular weight excluding hydrogens is 234 g/mol. The van der Waals surface area contributed by atoms with Crippen molar-refractivity contribution in [3.63, 3.8) is 0 Å². The molecule has 4 rings (SSSR count). The van der Waals surface area contributed by atoms with Crippen LogP contribution >= 0.6 is 0 Å². The van der Waals surface area contributed by atoms with Crippen LogP contribution < -0.4 is 0 Å². The van der Waals surface area contributed by atoms with Crippen molar-refractivity contribution >= 4 is 10.8 Å². The van der Waals surface area contributed by atoms with E-state index in [9.17, 15) is 5.11 Å². The number of benzene rings is 2.